The van der Waals surface area contributed by atoms with E-state index in [1.165, 1.54) is 18.2 Å². The van der Waals surface area contributed by atoms with Crippen LogP contribution >= 0.6 is 0 Å². The Hall–Kier alpha value is -3.42. The summed E-state index contributed by atoms with van der Waals surface area (Å²) < 4.78 is 39.6. The highest BCUT2D eigenvalue weighted by atomic mass is 19.4. The number of carbonyl (C=O) groups is 1. The fraction of sp³-hybridized carbons (Fsp3) is 0.0556. The molecule has 1 aromatic heterocycles. The van der Waals surface area contributed by atoms with E-state index in [9.17, 15) is 18.0 Å². The topological polar surface area (TPSA) is 78.7 Å². The number of hydrogen-bond acceptors (Lipinski definition) is 3. The van der Waals surface area contributed by atoms with Gasteiger partial charge in [0.15, 0.2) is 11.5 Å². The van der Waals surface area contributed by atoms with Crippen molar-refractivity contribution in [2.24, 2.45) is 0 Å². The number of rotatable bonds is 3. The normalized spacial score (nSPS) is 11.2. The molecule has 1 heterocycles. The zero-order valence-electron chi connectivity index (χ0n) is 13.2. The standard InChI is InChI=1S/C18H12F3N4O/c19-18(20,21)13-9-5-4-8-12(13)14-10-23-16(22)15(25-14)17(26)24-11-6-2-1-3-7-11/h1-10,22H,(H,24,26). The number of benzene rings is 2. The number of nitrogens with one attached hydrogen (secondary N) is 2. The highest BCUT2D eigenvalue weighted by Crippen LogP contribution is 2.36. The van der Waals surface area contributed by atoms with Gasteiger partial charge >= 0.3 is 6.18 Å². The number of amides is 1. The van der Waals surface area contributed by atoms with Gasteiger partial charge in [0.1, 0.15) is 0 Å². The van der Waals surface area contributed by atoms with E-state index in [1.54, 1.807) is 30.3 Å². The van der Waals surface area contributed by atoms with E-state index in [0.717, 1.165) is 12.3 Å². The molecule has 1 amide bonds. The minimum absolute atomic E-state index is 0.132. The molecule has 3 rings (SSSR count). The molecule has 0 aliphatic carbocycles. The Labute approximate surface area is 146 Å². The van der Waals surface area contributed by atoms with Crippen molar-refractivity contribution >= 4 is 17.4 Å². The predicted molar refractivity (Wildman–Crippen MR) is 89.6 cm³/mol. The number of halogens is 3. The molecule has 3 aromatic rings. The Morgan fingerprint density at radius 3 is 2.35 bits per heavy atom. The van der Waals surface area contributed by atoms with Crippen molar-refractivity contribution in [3.05, 3.63) is 72.1 Å². The Morgan fingerprint density at radius 2 is 1.65 bits per heavy atom. The molecule has 8 heteroatoms. The number of aromatic nitrogens is 2. The number of carbonyl (C=O) groups excluding carboxylic acids is 1. The number of alkyl halides is 3. The number of anilines is 1. The molecule has 0 unspecified atom stereocenters. The van der Waals surface area contributed by atoms with Crippen LogP contribution in [0.5, 0.6) is 0 Å². The summed E-state index contributed by atoms with van der Waals surface area (Å²) in [4.78, 5) is 20.0. The quantitative estimate of drug-likeness (QED) is 0.758. The molecule has 5 nitrogen and oxygen atoms in total. The minimum atomic E-state index is -4.58. The smallest absolute Gasteiger partial charge is 0.321 e. The third-order valence-electron chi connectivity index (χ3n) is 3.53. The van der Waals surface area contributed by atoms with Crippen molar-refractivity contribution in [2.45, 2.75) is 6.18 Å². The maximum Gasteiger partial charge on any atom is 0.417 e. The van der Waals surface area contributed by atoms with Crippen molar-refractivity contribution in [3.8, 4) is 11.3 Å². The van der Waals surface area contributed by atoms with Crippen LogP contribution in [0.25, 0.3) is 11.3 Å². The number of hydrogen-bond donors (Lipinski definition) is 1. The fourth-order valence-corrected chi connectivity index (χ4v) is 2.34. The summed E-state index contributed by atoms with van der Waals surface area (Å²) in [6.07, 6.45) is -3.53. The molecule has 0 atom stereocenters. The third-order valence-corrected chi connectivity index (χ3v) is 3.53. The molecule has 0 spiro atoms. The van der Waals surface area contributed by atoms with Crippen LogP contribution in [0.15, 0.2) is 60.8 Å². The maximum absolute atomic E-state index is 13.2. The summed E-state index contributed by atoms with van der Waals surface area (Å²) in [6.45, 7) is 0. The van der Waals surface area contributed by atoms with E-state index in [2.05, 4.69) is 15.3 Å². The highest BCUT2D eigenvalue weighted by molar-refractivity contribution is 6.05. The SMILES string of the molecule is [NH]c1ncc(-c2ccccc2C(F)(F)F)nc1C(=O)Nc1ccccc1. The molecule has 0 bridgehead atoms. The molecule has 26 heavy (non-hydrogen) atoms. The van der Waals surface area contributed by atoms with Crippen LogP contribution in [0, 0.1) is 0 Å². The zero-order valence-corrected chi connectivity index (χ0v) is 13.2. The van der Waals surface area contributed by atoms with Gasteiger partial charge in [0, 0.05) is 11.3 Å². The molecular formula is C18H12F3N4O. The summed E-state index contributed by atoms with van der Waals surface area (Å²) in [6, 6.07) is 13.3. The third kappa shape index (κ3) is 3.64. The highest BCUT2D eigenvalue weighted by Gasteiger charge is 2.34. The molecule has 2 aromatic carbocycles. The lowest BCUT2D eigenvalue weighted by atomic mass is 10.0. The van der Waals surface area contributed by atoms with Crippen LogP contribution in [-0.4, -0.2) is 15.9 Å². The first-order valence-electron chi connectivity index (χ1n) is 7.48. The largest absolute Gasteiger partial charge is 0.417 e. The lowest BCUT2D eigenvalue weighted by Gasteiger charge is -2.13. The van der Waals surface area contributed by atoms with Crippen LogP contribution in [-0.2, 0) is 6.18 Å². The van der Waals surface area contributed by atoms with Crippen molar-refractivity contribution in [1.82, 2.24) is 15.7 Å². The summed E-state index contributed by atoms with van der Waals surface area (Å²) in [5.74, 6) is -1.15. The minimum Gasteiger partial charge on any atom is -0.321 e. The predicted octanol–water partition coefficient (Wildman–Crippen LogP) is 4.33. The molecule has 0 aliphatic rings. The summed E-state index contributed by atoms with van der Waals surface area (Å²) in [5, 5.41) is 2.54. The fourth-order valence-electron chi connectivity index (χ4n) is 2.34. The first kappa shape index (κ1) is 17.4. The van der Waals surface area contributed by atoms with Gasteiger partial charge in [-0.05, 0) is 18.2 Å². The number of para-hydroxylation sites is 1. The van der Waals surface area contributed by atoms with Crippen molar-refractivity contribution in [3.63, 3.8) is 0 Å². The van der Waals surface area contributed by atoms with Gasteiger partial charge < -0.3 is 5.32 Å². The Morgan fingerprint density at radius 1 is 1.00 bits per heavy atom. The zero-order chi connectivity index (χ0) is 18.7. The monoisotopic (exact) mass is 357 g/mol. The molecule has 0 fully saturated rings. The Balaban J connectivity index is 2.00. The first-order chi connectivity index (χ1) is 12.4. The van der Waals surface area contributed by atoms with E-state index >= 15 is 0 Å². The Kier molecular flexibility index (Phi) is 4.57. The van der Waals surface area contributed by atoms with Gasteiger partial charge in [-0.2, -0.15) is 13.2 Å². The van der Waals surface area contributed by atoms with Crippen LogP contribution in [0.3, 0.4) is 0 Å². The van der Waals surface area contributed by atoms with E-state index in [1.807, 2.05) is 0 Å². The van der Waals surface area contributed by atoms with Gasteiger partial charge in [-0.25, -0.2) is 9.97 Å². The van der Waals surface area contributed by atoms with E-state index in [-0.39, 0.29) is 17.0 Å². The van der Waals surface area contributed by atoms with Crippen LogP contribution in [0.1, 0.15) is 16.1 Å². The van der Waals surface area contributed by atoms with Crippen molar-refractivity contribution in [1.29, 1.82) is 0 Å². The van der Waals surface area contributed by atoms with Crippen molar-refractivity contribution < 1.29 is 18.0 Å². The maximum atomic E-state index is 13.2. The second kappa shape index (κ2) is 6.83. The molecule has 2 N–H and O–H groups in total. The molecule has 0 aliphatic heterocycles. The van der Waals surface area contributed by atoms with Gasteiger partial charge in [0.2, 0.25) is 0 Å². The second-order valence-electron chi connectivity index (χ2n) is 5.32. The van der Waals surface area contributed by atoms with Crippen molar-refractivity contribution in [2.75, 3.05) is 5.32 Å². The van der Waals surface area contributed by atoms with E-state index in [0.29, 0.717) is 5.69 Å². The van der Waals surface area contributed by atoms with E-state index < -0.39 is 23.5 Å². The van der Waals surface area contributed by atoms with Gasteiger partial charge in [-0.3, -0.25) is 10.5 Å². The number of nitrogens with zero attached hydrogens (tertiary/aromatic N) is 2. The summed E-state index contributed by atoms with van der Waals surface area (Å²) in [7, 11) is 0. The van der Waals surface area contributed by atoms with Crippen LogP contribution in [0.4, 0.5) is 24.7 Å². The molecule has 1 radical (unpaired) electrons. The second-order valence-corrected chi connectivity index (χ2v) is 5.32. The molecule has 0 saturated heterocycles. The van der Waals surface area contributed by atoms with Gasteiger partial charge in [0.25, 0.3) is 5.91 Å². The summed E-state index contributed by atoms with van der Waals surface area (Å²) >= 11 is 0. The Bertz CT molecular complexity index is 943. The van der Waals surface area contributed by atoms with Gasteiger partial charge in [-0.1, -0.05) is 36.4 Å². The van der Waals surface area contributed by atoms with Crippen LogP contribution < -0.4 is 11.1 Å². The summed E-state index contributed by atoms with van der Waals surface area (Å²) in [5.41, 5.74) is 6.63. The van der Waals surface area contributed by atoms with Gasteiger partial charge in [-0.15, -0.1) is 0 Å². The van der Waals surface area contributed by atoms with Crippen LogP contribution in [0.2, 0.25) is 0 Å². The average Bonchev–Trinajstić information content (AvgIpc) is 2.62. The molecular weight excluding hydrogens is 345 g/mol. The lowest BCUT2D eigenvalue weighted by Crippen LogP contribution is -2.16. The van der Waals surface area contributed by atoms with Gasteiger partial charge in [0.05, 0.1) is 17.5 Å². The van der Waals surface area contributed by atoms with E-state index in [4.69, 9.17) is 5.73 Å². The molecule has 0 saturated carbocycles. The lowest BCUT2D eigenvalue weighted by molar-refractivity contribution is -0.137. The first-order valence-corrected chi connectivity index (χ1v) is 7.48. The molecule has 131 valence electrons. The average molecular weight is 357 g/mol.